The summed E-state index contributed by atoms with van der Waals surface area (Å²) in [7, 11) is -2.96. The Balaban J connectivity index is 0.00000686. The molecule has 11 aromatic rings. The van der Waals surface area contributed by atoms with Crippen molar-refractivity contribution in [2.75, 3.05) is 14.7 Å². The third-order valence-electron chi connectivity index (χ3n) is 16.0. The van der Waals surface area contributed by atoms with E-state index in [4.69, 9.17) is 13.8 Å². The molecule has 3 aliphatic rings. The van der Waals surface area contributed by atoms with E-state index in [1.54, 1.807) is 0 Å². The van der Waals surface area contributed by atoms with Gasteiger partial charge >= 0.3 is 0 Å². The molecule has 0 bridgehead atoms. The number of para-hydroxylation sites is 3. The second-order valence-electron chi connectivity index (χ2n) is 22.9. The van der Waals surface area contributed by atoms with Gasteiger partial charge in [0.05, 0.1) is 6.85 Å². The number of hydrogen-bond acceptors (Lipinski definition) is 5. The van der Waals surface area contributed by atoms with Crippen molar-refractivity contribution < 1.29 is 32.7 Å². The number of fused-ring (bicyclic) bond motifs is 6. The fourth-order valence-corrected chi connectivity index (χ4v) is 17.7. The maximum Gasteiger partial charge on any atom is 0.135 e. The Kier molecular flexibility index (Phi) is 11.5. The minimum absolute atomic E-state index is 0. The second-order valence-corrected chi connectivity index (χ2v) is 26.6. The molecule has 10 aromatic carbocycles. The van der Waals surface area contributed by atoms with Crippen molar-refractivity contribution in [3.05, 3.63) is 273 Å². The van der Waals surface area contributed by atoms with Crippen LogP contribution in [-0.2, 0) is 31.9 Å². The molecule has 0 amide bonds. The van der Waals surface area contributed by atoms with Crippen molar-refractivity contribution in [2.24, 2.45) is 0 Å². The van der Waals surface area contributed by atoms with E-state index >= 15 is 0 Å². The van der Waals surface area contributed by atoms with Crippen LogP contribution in [0, 0.1) is 18.8 Å². The predicted octanol–water partition coefficient (Wildman–Crippen LogP) is 16.6. The van der Waals surface area contributed by atoms with Gasteiger partial charge in [0.1, 0.15) is 13.9 Å². The number of benzene rings is 10. The maximum atomic E-state index is 9.35. The minimum atomic E-state index is -2.96. The molecule has 0 N–H and O–H groups in total. The van der Waals surface area contributed by atoms with Crippen LogP contribution in [-0.4, -0.2) is 13.1 Å². The Morgan fingerprint density at radius 3 is 1.88 bits per heavy atom. The first kappa shape index (κ1) is 46.2. The van der Waals surface area contributed by atoms with E-state index in [1.165, 1.54) is 37.4 Å². The van der Waals surface area contributed by atoms with Gasteiger partial charge in [-0.25, -0.2) is 4.98 Å². The summed E-state index contributed by atoms with van der Waals surface area (Å²) >= 11 is 0. The predicted molar refractivity (Wildman–Crippen MR) is 334 cm³/mol. The minimum Gasteiger partial charge on any atom is -0.509 e. The van der Waals surface area contributed by atoms with Gasteiger partial charge in [-0.3, -0.25) is 0 Å². The van der Waals surface area contributed by atoms with Crippen molar-refractivity contribution in [1.82, 2.24) is 4.98 Å². The average molecular weight is 1250 g/mol. The van der Waals surface area contributed by atoms with E-state index in [2.05, 4.69) is 208 Å². The standard InChI is InChI=1S/C74H59N4OSi.Pt/c1-73(2,3)54-41-42-75-70(46-54)78-66-37-22-34-63-62-31-16-19-38-68(62)80(72(63)66,59-29-14-9-15-30-59)69-40-39-58(48-67(69)78)79-57-28-20-27-56(47-57)76-49-77(65-36-18-17-35-64(65)76)71-60(51-25-12-8-13-26-51)32-21-33-61(71)53-43-52(50-23-10-7-11-24-50)44-55(45-53)74(4,5)6;/h7-46,49H,1-6H3;/q-3;/i8D,12D,13D,25D,26D;. The van der Waals surface area contributed by atoms with Gasteiger partial charge < -0.3 is 19.4 Å². The number of hydrogen-bond donors (Lipinski definition) is 0. The van der Waals surface area contributed by atoms with E-state index < -0.39 is 26.2 Å². The molecular formula is C74H59N4OPtSi-3. The molecule has 81 heavy (non-hydrogen) atoms. The van der Waals surface area contributed by atoms with Crippen LogP contribution >= 0.6 is 0 Å². The van der Waals surface area contributed by atoms with Gasteiger partial charge in [-0.05, 0) is 102 Å². The van der Waals surface area contributed by atoms with E-state index in [0.29, 0.717) is 28.4 Å². The Labute approximate surface area is 499 Å². The molecule has 0 spiro atoms. The van der Waals surface area contributed by atoms with Crippen LogP contribution in [0.15, 0.2) is 243 Å². The number of rotatable bonds is 9. The summed E-state index contributed by atoms with van der Waals surface area (Å²) in [4.78, 5) is 11.6. The van der Waals surface area contributed by atoms with Gasteiger partial charge in [-0.1, -0.05) is 222 Å². The van der Waals surface area contributed by atoms with Crippen molar-refractivity contribution in [1.29, 1.82) is 0 Å². The zero-order chi connectivity index (χ0) is 58.7. The Bertz CT molecular complexity index is 4480. The topological polar surface area (TPSA) is 31.8 Å². The van der Waals surface area contributed by atoms with Gasteiger partial charge in [0.2, 0.25) is 0 Å². The fraction of sp³-hybridized carbons (Fsp3) is 0.108. The Morgan fingerprint density at radius 1 is 0.494 bits per heavy atom. The molecule has 0 fully saturated rings. The third-order valence-corrected chi connectivity index (χ3v) is 20.9. The molecule has 7 heteroatoms. The zero-order valence-electron chi connectivity index (χ0n) is 50.8. The molecule has 398 valence electrons. The fourth-order valence-electron chi connectivity index (χ4n) is 12.2. The first-order valence-electron chi connectivity index (χ1n) is 29.8. The van der Waals surface area contributed by atoms with Gasteiger partial charge in [0.15, 0.2) is 0 Å². The van der Waals surface area contributed by atoms with Crippen LogP contribution in [0.25, 0.3) is 44.5 Å². The summed E-state index contributed by atoms with van der Waals surface area (Å²) in [5, 5.41) is 5.18. The molecule has 0 radical (unpaired) electrons. The molecular weight excluding hydrogens is 1180 g/mol. The summed E-state index contributed by atoms with van der Waals surface area (Å²) in [6.07, 6.45) is 1.92. The normalized spacial score (nSPS) is 15.7. The van der Waals surface area contributed by atoms with E-state index in [-0.39, 0.29) is 49.5 Å². The molecule has 5 nitrogen and oxygen atoms in total. The Morgan fingerprint density at radius 2 is 1.11 bits per heavy atom. The Hall–Kier alpha value is -8.54. The molecule has 0 saturated carbocycles. The summed E-state index contributed by atoms with van der Waals surface area (Å²) in [6.45, 7) is 15.3. The molecule has 14 rings (SSSR count). The SMILES string of the molecule is [2H]c1c([2H])c([2H])c(-c2cccc(-c3cc(-c4ccccc4)cc(C(C)(C)C)c3)c2N2[CH-]N(c3[c-]c(Oc4[c-]c5c(cc4)[Si]4(c6ccccc6)c6ccccc6-c6cccc(c64)N5c4cc(C(C)(C)C)ccn4)ccc3)c3ccccc32)c([2H])c1[2H].[Pt]. The largest absolute Gasteiger partial charge is 0.509 e. The van der Waals surface area contributed by atoms with Crippen LogP contribution in [0.3, 0.4) is 0 Å². The van der Waals surface area contributed by atoms with Gasteiger partial charge in [0.25, 0.3) is 0 Å². The van der Waals surface area contributed by atoms with E-state index in [9.17, 15) is 2.74 Å². The number of nitrogens with zero attached hydrogens (tertiary/aromatic N) is 4. The van der Waals surface area contributed by atoms with Crippen LogP contribution in [0.1, 0.15) is 59.5 Å². The van der Waals surface area contributed by atoms with Crippen molar-refractivity contribution in [3.63, 3.8) is 0 Å². The smallest absolute Gasteiger partial charge is 0.135 e. The second kappa shape index (κ2) is 20.2. The van der Waals surface area contributed by atoms with E-state index in [0.717, 1.165) is 56.4 Å². The van der Waals surface area contributed by atoms with Crippen molar-refractivity contribution in [3.8, 4) is 56.0 Å². The molecule has 1 atom stereocenters. The monoisotopic (exact) mass is 1250 g/mol. The van der Waals surface area contributed by atoms with Gasteiger partial charge in [0, 0.05) is 72.6 Å². The number of pyridine rings is 1. The first-order chi connectivity index (χ1) is 41.0. The molecule has 0 saturated heterocycles. The summed E-state index contributed by atoms with van der Waals surface area (Å²) in [5.74, 6) is 1.80. The van der Waals surface area contributed by atoms with Crippen molar-refractivity contribution >= 4 is 68.8 Å². The molecule has 3 aliphatic heterocycles. The molecule has 4 heterocycles. The quantitative estimate of drug-likeness (QED) is 0.106. The summed E-state index contributed by atoms with van der Waals surface area (Å²) in [6, 6.07) is 77.8. The zero-order valence-corrected chi connectivity index (χ0v) is 49.1. The summed E-state index contributed by atoms with van der Waals surface area (Å²) < 4.78 is 52.0. The molecule has 1 unspecified atom stereocenters. The summed E-state index contributed by atoms with van der Waals surface area (Å²) in [5.41, 5.74) is 13.8. The number of anilines is 7. The molecule has 0 aliphatic carbocycles. The van der Waals surface area contributed by atoms with Crippen LogP contribution in [0.5, 0.6) is 11.5 Å². The van der Waals surface area contributed by atoms with Gasteiger partial charge in [-0.2, -0.15) is 12.1 Å². The van der Waals surface area contributed by atoms with Gasteiger partial charge in [-0.15, -0.1) is 47.9 Å². The van der Waals surface area contributed by atoms with Crippen molar-refractivity contribution in [2.45, 2.75) is 52.4 Å². The van der Waals surface area contributed by atoms with Crippen LogP contribution in [0.2, 0.25) is 0 Å². The van der Waals surface area contributed by atoms with Crippen LogP contribution in [0.4, 0.5) is 39.9 Å². The third kappa shape index (κ3) is 8.75. The maximum absolute atomic E-state index is 9.35. The number of ether oxygens (including phenoxy) is 1. The molecule has 1 aromatic heterocycles. The van der Waals surface area contributed by atoms with Crippen LogP contribution < -0.4 is 40.2 Å². The van der Waals surface area contributed by atoms with E-state index in [1.807, 2.05) is 79.6 Å². The average Bonchev–Trinajstić information content (AvgIpc) is 1.49. The first-order valence-corrected chi connectivity index (χ1v) is 29.3. The number of aromatic nitrogens is 1.